The van der Waals surface area contributed by atoms with Crippen LogP contribution in [0.15, 0.2) is 47.8 Å². The van der Waals surface area contributed by atoms with Gasteiger partial charge in [0.25, 0.3) is 0 Å². The zero-order valence-electron chi connectivity index (χ0n) is 13.4. The van der Waals surface area contributed by atoms with Crippen molar-refractivity contribution in [3.63, 3.8) is 0 Å². The van der Waals surface area contributed by atoms with Crippen LogP contribution in [0, 0.1) is 0 Å². The lowest BCUT2D eigenvalue weighted by Crippen LogP contribution is -2.45. The fraction of sp³-hybridized carbons (Fsp3) is 0.421. The number of benzene rings is 1. The number of nitrogens with one attached hydrogen (secondary N) is 1. The summed E-state index contributed by atoms with van der Waals surface area (Å²) in [6.07, 6.45) is 5.63. The van der Waals surface area contributed by atoms with Crippen LogP contribution < -0.4 is 5.32 Å². The van der Waals surface area contributed by atoms with Crippen molar-refractivity contribution in [1.29, 1.82) is 0 Å². The molecule has 0 aliphatic heterocycles. The van der Waals surface area contributed by atoms with Crippen LogP contribution in [0.25, 0.3) is 0 Å². The molecule has 4 heteroatoms. The van der Waals surface area contributed by atoms with Crippen LogP contribution in [-0.4, -0.2) is 23.5 Å². The van der Waals surface area contributed by atoms with Crippen molar-refractivity contribution in [2.24, 2.45) is 0 Å². The van der Waals surface area contributed by atoms with E-state index in [2.05, 4.69) is 35.0 Å². The van der Waals surface area contributed by atoms with Gasteiger partial charge < -0.3 is 10.2 Å². The van der Waals surface area contributed by atoms with Gasteiger partial charge in [-0.15, -0.1) is 11.3 Å². The lowest BCUT2D eigenvalue weighted by molar-refractivity contribution is 0.172. The number of thiophene rings is 1. The number of hydrogen-bond donors (Lipinski definition) is 1. The highest BCUT2D eigenvalue weighted by atomic mass is 32.1. The van der Waals surface area contributed by atoms with E-state index in [0.717, 1.165) is 25.8 Å². The highest BCUT2D eigenvalue weighted by Crippen LogP contribution is 2.26. The molecule has 1 aliphatic rings. The number of carbonyl (C=O) groups excluding carboxylic acids is 1. The predicted octanol–water partition coefficient (Wildman–Crippen LogP) is 4.45. The molecule has 1 saturated carbocycles. The number of amides is 2. The van der Waals surface area contributed by atoms with Gasteiger partial charge in [-0.1, -0.05) is 49.2 Å². The quantitative estimate of drug-likeness (QED) is 0.835. The average Bonchev–Trinajstić information content (AvgIpc) is 3.27. The van der Waals surface area contributed by atoms with Gasteiger partial charge in [0.2, 0.25) is 0 Å². The van der Waals surface area contributed by atoms with E-state index in [4.69, 9.17) is 0 Å². The molecular formula is C19H24N2OS. The largest absolute Gasteiger partial charge is 0.338 e. The molecule has 3 rings (SSSR count). The van der Waals surface area contributed by atoms with Crippen LogP contribution in [0.2, 0.25) is 0 Å². The Hall–Kier alpha value is -1.81. The molecule has 1 aromatic heterocycles. The molecule has 0 atom stereocenters. The molecule has 0 bridgehead atoms. The summed E-state index contributed by atoms with van der Waals surface area (Å²) in [5.41, 5.74) is 1.26. The molecule has 122 valence electrons. The first-order valence-electron chi connectivity index (χ1n) is 8.44. The lowest BCUT2D eigenvalue weighted by Gasteiger charge is -2.28. The van der Waals surface area contributed by atoms with E-state index in [1.807, 2.05) is 23.1 Å². The molecule has 1 aliphatic carbocycles. The van der Waals surface area contributed by atoms with Gasteiger partial charge in [-0.25, -0.2) is 4.79 Å². The number of urea groups is 1. The second-order valence-electron chi connectivity index (χ2n) is 6.11. The Morgan fingerprint density at radius 2 is 1.91 bits per heavy atom. The first-order chi connectivity index (χ1) is 11.3. The third-order valence-corrected chi connectivity index (χ3v) is 5.33. The maximum absolute atomic E-state index is 12.7. The SMILES string of the molecule is O=C(NCCc1ccccc1)N(Cc1cccs1)C1CCCC1. The minimum atomic E-state index is 0.0845. The molecule has 0 spiro atoms. The Morgan fingerprint density at radius 3 is 2.61 bits per heavy atom. The lowest BCUT2D eigenvalue weighted by atomic mass is 10.1. The maximum atomic E-state index is 12.7. The predicted molar refractivity (Wildman–Crippen MR) is 95.7 cm³/mol. The zero-order valence-corrected chi connectivity index (χ0v) is 14.2. The van der Waals surface area contributed by atoms with E-state index >= 15 is 0 Å². The van der Waals surface area contributed by atoms with Gasteiger partial charge in [0.15, 0.2) is 0 Å². The van der Waals surface area contributed by atoms with Crippen molar-refractivity contribution in [2.75, 3.05) is 6.54 Å². The van der Waals surface area contributed by atoms with Gasteiger partial charge in [0.1, 0.15) is 0 Å². The molecule has 2 aromatic rings. The van der Waals surface area contributed by atoms with Crippen LogP contribution >= 0.6 is 11.3 Å². The molecule has 0 unspecified atom stereocenters. The third kappa shape index (κ3) is 4.58. The Balaban J connectivity index is 1.56. The summed E-state index contributed by atoms with van der Waals surface area (Å²) < 4.78 is 0. The Kier molecular flexibility index (Phi) is 5.70. The van der Waals surface area contributed by atoms with Gasteiger partial charge in [0.05, 0.1) is 6.54 Å². The first-order valence-corrected chi connectivity index (χ1v) is 9.31. The van der Waals surface area contributed by atoms with Gasteiger partial charge in [-0.05, 0) is 36.3 Å². The highest BCUT2D eigenvalue weighted by molar-refractivity contribution is 7.09. The Morgan fingerprint density at radius 1 is 1.13 bits per heavy atom. The molecule has 2 amide bonds. The van der Waals surface area contributed by atoms with E-state index in [1.54, 1.807) is 11.3 Å². The summed E-state index contributed by atoms with van der Waals surface area (Å²) in [6, 6.07) is 15.0. The number of rotatable bonds is 6. The van der Waals surface area contributed by atoms with Gasteiger partial charge in [0, 0.05) is 17.5 Å². The summed E-state index contributed by atoms with van der Waals surface area (Å²) in [7, 11) is 0. The van der Waals surface area contributed by atoms with Crippen molar-refractivity contribution in [2.45, 2.75) is 44.7 Å². The molecule has 1 aromatic carbocycles. The van der Waals surface area contributed by atoms with E-state index in [0.29, 0.717) is 12.6 Å². The molecule has 23 heavy (non-hydrogen) atoms. The molecular weight excluding hydrogens is 304 g/mol. The van der Waals surface area contributed by atoms with Crippen LogP contribution in [0.3, 0.4) is 0 Å². The molecule has 0 saturated heterocycles. The summed E-state index contributed by atoms with van der Waals surface area (Å²) in [5, 5.41) is 5.19. The molecule has 0 radical (unpaired) electrons. The minimum absolute atomic E-state index is 0.0845. The third-order valence-electron chi connectivity index (χ3n) is 4.47. The minimum Gasteiger partial charge on any atom is -0.338 e. The van der Waals surface area contributed by atoms with Crippen LogP contribution in [0.5, 0.6) is 0 Å². The van der Waals surface area contributed by atoms with Crippen molar-refractivity contribution in [3.05, 3.63) is 58.3 Å². The average molecular weight is 328 g/mol. The number of nitrogens with zero attached hydrogens (tertiary/aromatic N) is 1. The summed E-state index contributed by atoms with van der Waals surface area (Å²) in [4.78, 5) is 16.0. The smallest absolute Gasteiger partial charge is 0.317 e. The molecule has 1 N–H and O–H groups in total. The van der Waals surface area contributed by atoms with E-state index < -0.39 is 0 Å². The van der Waals surface area contributed by atoms with Crippen molar-refractivity contribution < 1.29 is 4.79 Å². The monoisotopic (exact) mass is 328 g/mol. The van der Waals surface area contributed by atoms with Crippen molar-refractivity contribution >= 4 is 17.4 Å². The molecule has 1 heterocycles. The zero-order chi connectivity index (χ0) is 15.9. The summed E-state index contributed by atoms with van der Waals surface area (Å²) in [5.74, 6) is 0. The van der Waals surface area contributed by atoms with E-state index in [9.17, 15) is 4.79 Å². The Bertz CT molecular complexity index is 591. The van der Waals surface area contributed by atoms with Crippen molar-refractivity contribution in [3.8, 4) is 0 Å². The van der Waals surface area contributed by atoms with Gasteiger partial charge in [-0.2, -0.15) is 0 Å². The summed E-state index contributed by atoms with van der Waals surface area (Å²) >= 11 is 1.73. The molecule has 1 fully saturated rings. The second-order valence-corrected chi connectivity index (χ2v) is 7.15. The van der Waals surface area contributed by atoms with Crippen LogP contribution in [0.1, 0.15) is 36.1 Å². The summed E-state index contributed by atoms with van der Waals surface area (Å²) in [6.45, 7) is 1.43. The van der Waals surface area contributed by atoms with Gasteiger partial charge in [-0.3, -0.25) is 0 Å². The normalized spacial score (nSPS) is 14.8. The second kappa shape index (κ2) is 8.16. The highest BCUT2D eigenvalue weighted by Gasteiger charge is 2.26. The maximum Gasteiger partial charge on any atom is 0.317 e. The standard InChI is InChI=1S/C19H24N2OS/c22-19(20-13-12-16-7-2-1-3-8-16)21(17-9-4-5-10-17)15-18-11-6-14-23-18/h1-3,6-8,11,14,17H,4-5,9-10,12-13,15H2,(H,20,22). The number of hydrogen-bond acceptors (Lipinski definition) is 2. The fourth-order valence-corrected chi connectivity index (χ4v) is 3.92. The molecule has 3 nitrogen and oxygen atoms in total. The van der Waals surface area contributed by atoms with Crippen molar-refractivity contribution in [1.82, 2.24) is 10.2 Å². The Labute approximate surface area is 142 Å². The van der Waals surface area contributed by atoms with Gasteiger partial charge >= 0.3 is 6.03 Å². The van der Waals surface area contributed by atoms with E-state index in [-0.39, 0.29) is 6.03 Å². The fourth-order valence-electron chi connectivity index (χ4n) is 3.21. The van der Waals surface area contributed by atoms with Crippen LogP contribution in [-0.2, 0) is 13.0 Å². The first kappa shape index (κ1) is 16.1. The van der Waals surface area contributed by atoms with E-state index in [1.165, 1.54) is 23.3 Å². The van der Waals surface area contributed by atoms with Crippen LogP contribution in [0.4, 0.5) is 4.79 Å². The topological polar surface area (TPSA) is 32.3 Å². The number of carbonyl (C=O) groups is 1.